The molecule has 2 heterocycles. The van der Waals surface area contributed by atoms with Crippen LogP contribution in [0.2, 0.25) is 0 Å². The molecule has 0 saturated carbocycles. The van der Waals surface area contributed by atoms with Crippen LogP contribution in [0.15, 0.2) is 22.7 Å². The summed E-state index contributed by atoms with van der Waals surface area (Å²) < 4.78 is 16.2. The molecule has 142 valence electrons. The van der Waals surface area contributed by atoms with Gasteiger partial charge in [0.25, 0.3) is 0 Å². The van der Waals surface area contributed by atoms with Crippen molar-refractivity contribution in [3.8, 4) is 5.75 Å². The number of piperidine rings is 1. The number of carbonyl (C=O) groups excluding carboxylic acids is 1. The van der Waals surface area contributed by atoms with E-state index in [0.29, 0.717) is 5.92 Å². The molecule has 2 aromatic rings. The van der Waals surface area contributed by atoms with E-state index in [1.54, 1.807) is 7.11 Å². The van der Waals surface area contributed by atoms with E-state index in [1.165, 1.54) is 0 Å². The van der Waals surface area contributed by atoms with Gasteiger partial charge in [-0.25, -0.2) is 4.79 Å². The van der Waals surface area contributed by atoms with Gasteiger partial charge in [-0.1, -0.05) is 5.16 Å². The molecule has 6 nitrogen and oxygen atoms in total. The molecule has 1 aromatic heterocycles. The monoisotopic (exact) mass is 360 g/mol. The van der Waals surface area contributed by atoms with Gasteiger partial charge in [0.15, 0.2) is 5.58 Å². The number of amides is 1. The predicted molar refractivity (Wildman–Crippen MR) is 99.4 cm³/mol. The number of ether oxygens (including phenoxy) is 2. The second kappa shape index (κ2) is 7.56. The number of benzene rings is 1. The van der Waals surface area contributed by atoms with E-state index in [1.807, 2.05) is 43.9 Å². The highest BCUT2D eigenvalue weighted by molar-refractivity contribution is 5.81. The lowest BCUT2D eigenvalue weighted by Crippen LogP contribution is -2.41. The van der Waals surface area contributed by atoms with Gasteiger partial charge in [-0.2, -0.15) is 0 Å². The van der Waals surface area contributed by atoms with Crippen LogP contribution < -0.4 is 4.74 Å². The molecule has 0 atom stereocenters. The largest absolute Gasteiger partial charge is 0.497 e. The zero-order valence-corrected chi connectivity index (χ0v) is 16.1. The molecular weight excluding hydrogens is 332 g/mol. The first-order valence-electron chi connectivity index (χ1n) is 9.26. The van der Waals surface area contributed by atoms with E-state index >= 15 is 0 Å². The second-order valence-electron chi connectivity index (χ2n) is 7.94. The fourth-order valence-electron chi connectivity index (χ4n) is 3.35. The number of nitrogens with zero attached hydrogens (tertiary/aromatic N) is 2. The van der Waals surface area contributed by atoms with Crippen LogP contribution in [0.3, 0.4) is 0 Å². The third kappa shape index (κ3) is 4.48. The summed E-state index contributed by atoms with van der Waals surface area (Å²) in [4.78, 5) is 14.0. The summed E-state index contributed by atoms with van der Waals surface area (Å²) in [7, 11) is 1.66. The number of methoxy groups -OCH3 is 1. The Kier molecular flexibility index (Phi) is 5.39. The minimum Gasteiger partial charge on any atom is -0.497 e. The summed E-state index contributed by atoms with van der Waals surface area (Å²) in [5.74, 6) is 1.40. The van der Waals surface area contributed by atoms with E-state index < -0.39 is 5.60 Å². The molecule has 1 aliphatic heterocycles. The quantitative estimate of drug-likeness (QED) is 0.808. The Labute approximate surface area is 154 Å². The SMILES string of the molecule is COc1ccc2onc(CCC3CCN(C(=O)OC(C)(C)C)CC3)c2c1. The van der Waals surface area contributed by atoms with Gasteiger partial charge in [-0.15, -0.1) is 0 Å². The maximum atomic E-state index is 12.1. The van der Waals surface area contributed by atoms with Gasteiger partial charge >= 0.3 is 6.09 Å². The van der Waals surface area contributed by atoms with E-state index in [-0.39, 0.29) is 6.09 Å². The molecule has 6 heteroatoms. The van der Waals surface area contributed by atoms with E-state index in [2.05, 4.69) is 5.16 Å². The van der Waals surface area contributed by atoms with Crippen molar-refractivity contribution in [3.05, 3.63) is 23.9 Å². The predicted octanol–water partition coefficient (Wildman–Crippen LogP) is 4.42. The first kappa shape index (κ1) is 18.5. The first-order valence-corrected chi connectivity index (χ1v) is 9.26. The molecule has 0 bridgehead atoms. The second-order valence-corrected chi connectivity index (χ2v) is 7.94. The summed E-state index contributed by atoms with van der Waals surface area (Å²) >= 11 is 0. The van der Waals surface area contributed by atoms with Crippen molar-refractivity contribution in [2.24, 2.45) is 5.92 Å². The Hall–Kier alpha value is -2.24. The van der Waals surface area contributed by atoms with E-state index in [4.69, 9.17) is 14.0 Å². The van der Waals surface area contributed by atoms with Crippen molar-refractivity contribution in [1.82, 2.24) is 10.1 Å². The Bertz CT molecular complexity index is 755. The minimum absolute atomic E-state index is 0.203. The van der Waals surface area contributed by atoms with Gasteiger partial charge in [-0.3, -0.25) is 0 Å². The lowest BCUT2D eigenvalue weighted by molar-refractivity contribution is 0.0181. The van der Waals surface area contributed by atoms with Gasteiger partial charge in [0.05, 0.1) is 12.8 Å². The van der Waals surface area contributed by atoms with Crippen molar-refractivity contribution < 1.29 is 18.8 Å². The lowest BCUT2D eigenvalue weighted by Gasteiger charge is -2.33. The number of fused-ring (bicyclic) bond motifs is 1. The molecule has 0 unspecified atom stereocenters. The Morgan fingerprint density at radius 3 is 2.69 bits per heavy atom. The summed E-state index contributed by atoms with van der Waals surface area (Å²) in [5, 5.41) is 5.25. The van der Waals surface area contributed by atoms with Gasteiger partial charge < -0.3 is 18.9 Å². The standard InChI is InChI=1S/C20H28N2O4/c1-20(2,3)25-19(23)22-11-9-14(10-12-22)5-7-17-16-13-15(24-4)6-8-18(16)26-21-17/h6,8,13-14H,5,7,9-12H2,1-4H3. The van der Waals surface area contributed by atoms with Crippen molar-refractivity contribution in [1.29, 1.82) is 0 Å². The molecule has 0 spiro atoms. The highest BCUT2D eigenvalue weighted by atomic mass is 16.6. The van der Waals surface area contributed by atoms with Crippen LogP contribution in [0.1, 0.15) is 45.7 Å². The van der Waals surface area contributed by atoms with Gasteiger partial charge in [0, 0.05) is 18.5 Å². The third-order valence-electron chi connectivity index (χ3n) is 4.81. The maximum Gasteiger partial charge on any atom is 0.410 e. The molecule has 0 radical (unpaired) electrons. The topological polar surface area (TPSA) is 64.8 Å². The van der Waals surface area contributed by atoms with Crippen molar-refractivity contribution in [2.75, 3.05) is 20.2 Å². The molecule has 1 fully saturated rings. The van der Waals surface area contributed by atoms with Crippen molar-refractivity contribution in [2.45, 2.75) is 52.1 Å². The highest BCUT2D eigenvalue weighted by Crippen LogP contribution is 2.28. The molecule has 1 saturated heterocycles. The van der Waals surface area contributed by atoms with E-state index in [0.717, 1.165) is 61.2 Å². The normalized spacial score (nSPS) is 16.1. The van der Waals surface area contributed by atoms with Crippen LogP contribution in [-0.4, -0.2) is 42.0 Å². The smallest absolute Gasteiger partial charge is 0.410 e. The molecule has 26 heavy (non-hydrogen) atoms. The van der Waals surface area contributed by atoms with E-state index in [9.17, 15) is 4.79 Å². The third-order valence-corrected chi connectivity index (χ3v) is 4.81. The fourth-order valence-corrected chi connectivity index (χ4v) is 3.35. The number of aromatic nitrogens is 1. The molecule has 0 aliphatic carbocycles. The van der Waals surface area contributed by atoms with Gasteiger partial charge in [0.2, 0.25) is 0 Å². The summed E-state index contributed by atoms with van der Waals surface area (Å²) in [6.45, 7) is 7.21. The molecule has 1 aliphatic rings. The van der Waals surface area contributed by atoms with Crippen LogP contribution in [0.25, 0.3) is 11.0 Å². The zero-order valence-electron chi connectivity index (χ0n) is 16.1. The van der Waals surface area contributed by atoms with Crippen LogP contribution in [-0.2, 0) is 11.2 Å². The van der Waals surface area contributed by atoms with Crippen LogP contribution in [0, 0.1) is 5.92 Å². The Morgan fingerprint density at radius 1 is 1.31 bits per heavy atom. The Morgan fingerprint density at radius 2 is 2.04 bits per heavy atom. The molecule has 3 rings (SSSR count). The van der Waals surface area contributed by atoms with Crippen LogP contribution >= 0.6 is 0 Å². The maximum absolute atomic E-state index is 12.1. The number of likely N-dealkylation sites (tertiary alicyclic amines) is 1. The summed E-state index contributed by atoms with van der Waals surface area (Å²) in [6, 6.07) is 5.75. The fraction of sp³-hybridized carbons (Fsp3) is 0.600. The average molecular weight is 360 g/mol. The summed E-state index contributed by atoms with van der Waals surface area (Å²) in [5.41, 5.74) is 1.33. The number of aryl methyl sites for hydroxylation is 1. The number of carbonyl (C=O) groups is 1. The Balaban J connectivity index is 1.52. The van der Waals surface area contributed by atoms with Crippen LogP contribution in [0.4, 0.5) is 4.79 Å². The zero-order chi connectivity index (χ0) is 18.7. The molecular formula is C20H28N2O4. The number of hydrogen-bond acceptors (Lipinski definition) is 5. The van der Waals surface area contributed by atoms with Crippen LogP contribution in [0.5, 0.6) is 5.75 Å². The van der Waals surface area contributed by atoms with Crippen molar-refractivity contribution in [3.63, 3.8) is 0 Å². The average Bonchev–Trinajstić information content (AvgIpc) is 3.01. The molecule has 1 aromatic carbocycles. The van der Waals surface area contributed by atoms with Gasteiger partial charge in [-0.05, 0) is 70.6 Å². The first-order chi connectivity index (χ1) is 12.4. The number of hydrogen-bond donors (Lipinski definition) is 0. The highest BCUT2D eigenvalue weighted by Gasteiger charge is 2.27. The van der Waals surface area contributed by atoms with Gasteiger partial charge in [0.1, 0.15) is 11.4 Å². The number of rotatable bonds is 4. The van der Waals surface area contributed by atoms with Crippen molar-refractivity contribution >= 4 is 17.1 Å². The summed E-state index contributed by atoms with van der Waals surface area (Å²) in [6.07, 6.45) is 3.71. The molecule has 1 amide bonds. The lowest BCUT2D eigenvalue weighted by atomic mass is 9.91. The molecule has 0 N–H and O–H groups in total. The minimum atomic E-state index is -0.441.